The first kappa shape index (κ1) is 15.6. The van der Waals surface area contributed by atoms with Gasteiger partial charge in [-0.25, -0.2) is 0 Å². The molecule has 0 aromatic carbocycles. The molecule has 2 aromatic rings. The van der Waals surface area contributed by atoms with Gasteiger partial charge in [-0.1, -0.05) is 6.92 Å². The van der Waals surface area contributed by atoms with Crippen LogP contribution in [0.1, 0.15) is 41.2 Å². The van der Waals surface area contributed by atoms with Crippen LogP contribution in [-0.4, -0.2) is 16.7 Å². The Morgan fingerprint density at radius 3 is 2.75 bits per heavy atom. The van der Waals surface area contributed by atoms with Crippen LogP contribution in [0.5, 0.6) is 0 Å². The number of rotatable bonds is 6. The van der Waals surface area contributed by atoms with Crippen molar-refractivity contribution in [2.45, 2.75) is 39.7 Å². The number of nitrogens with zero attached hydrogens (tertiary/aromatic N) is 2. The quantitative estimate of drug-likeness (QED) is 0.845. The summed E-state index contributed by atoms with van der Waals surface area (Å²) in [5.41, 5.74) is 3.25. The highest BCUT2D eigenvalue weighted by Gasteiger charge is 2.16. The number of hydrogen-bond acceptors (Lipinski definition) is 4. The van der Waals surface area contributed by atoms with Crippen molar-refractivity contribution in [3.8, 4) is 0 Å². The maximum atomic E-state index is 4.26. The molecule has 2 aromatic heterocycles. The highest BCUT2D eigenvalue weighted by molar-refractivity contribution is 9.11. The van der Waals surface area contributed by atoms with E-state index in [-0.39, 0.29) is 0 Å². The number of aryl methyl sites for hydroxylation is 2. The number of aromatic nitrogens is 2. The molecule has 0 saturated carbocycles. The molecule has 0 aliphatic carbocycles. The minimum atomic E-state index is 0.301. The summed E-state index contributed by atoms with van der Waals surface area (Å²) in [6.45, 7) is 7.23. The molecule has 0 spiro atoms. The molecule has 0 radical (unpaired) electrons. The lowest BCUT2D eigenvalue weighted by Gasteiger charge is -2.20. The van der Waals surface area contributed by atoms with Crippen LogP contribution in [0.2, 0.25) is 0 Å². The van der Waals surface area contributed by atoms with E-state index in [1.54, 1.807) is 11.3 Å². The van der Waals surface area contributed by atoms with Crippen molar-refractivity contribution >= 4 is 27.3 Å². The summed E-state index contributed by atoms with van der Waals surface area (Å²) in [7, 11) is 0. The van der Waals surface area contributed by atoms with E-state index in [0.717, 1.165) is 30.8 Å². The fourth-order valence-corrected chi connectivity index (χ4v) is 3.72. The third-order valence-electron chi connectivity index (χ3n) is 3.19. The summed E-state index contributed by atoms with van der Waals surface area (Å²) < 4.78 is 1.18. The Morgan fingerprint density at radius 1 is 1.30 bits per heavy atom. The maximum absolute atomic E-state index is 4.26. The Balaban J connectivity index is 2.24. The zero-order valence-corrected chi connectivity index (χ0v) is 14.5. The monoisotopic (exact) mass is 353 g/mol. The summed E-state index contributed by atoms with van der Waals surface area (Å²) in [6, 6.07) is 6.75. The second kappa shape index (κ2) is 7.29. The number of halogens is 1. The van der Waals surface area contributed by atoms with Gasteiger partial charge < -0.3 is 5.32 Å². The summed E-state index contributed by atoms with van der Waals surface area (Å²) in [5, 5.41) is 12.0. The molecule has 0 aliphatic rings. The van der Waals surface area contributed by atoms with E-state index in [4.69, 9.17) is 0 Å². The highest BCUT2D eigenvalue weighted by atomic mass is 79.9. The molecule has 0 fully saturated rings. The average Bonchev–Trinajstić information content (AvgIpc) is 2.83. The van der Waals surface area contributed by atoms with Gasteiger partial charge in [-0.05, 0) is 66.5 Å². The first-order valence-electron chi connectivity index (χ1n) is 6.88. The van der Waals surface area contributed by atoms with Crippen molar-refractivity contribution in [3.63, 3.8) is 0 Å². The molecule has 0 amide bonds. The molecule has 2 rings (SSSR count). The summed E-state index contributed by atoms with van der Waals surface area (Å²) in [5.74, 6) is 0. The van der Waals surface area contributed by atoms with Gasteiger partial charge in [0, 0.05) is 17.3 Å². The fraction of sp³-hybridized carbons (Fsp3) is 0.467. The smallest absolute Gasteiger partial charge is 0.0701 e. The van der Waals surface area contributed by atoms with Gasteiger partial charge in [0.25, 0.3) is 0 Å². The number of hydrogen-bond donors (Lipinski definition) is 1. The predicted molar refractivity (Wildman–Crippen MR) is 88.3 cm³/mol. The molecular weight excluding hydrogens is 334 g/mol. The second-order valence-electron chi connectivity index (χ2n) is 4.94. The van der Waals surface area contributed by atoms with Crippen molar-refractivity contribution in [3.05, 3.63) is 43.8 Å². The van der Waals surface area contributed by atoms with Crippen LogP contribution in [0.3, 0.4) is 0 Å². The van der Waals surface area contributed by atoms with Crippen LogP contribution in [0.4, 0.5) is 0 Å². The molecule has 3 nitrogen and oxygen atoms in total. The van der Waals surface area contributed by atoms with Gasteiger partial charge in [-0.15, -0.1) is 11.3 Å². The van der Waals surface area contributed by atoms with Gasteiger partial charge in [0.1, 0.15) is 0 Å². The highest BCUT2D eigenvalue weighted by Crippen LogP contribution is 2.28. The predicted octanol–water partition coefficient (Wildman–Crippen LogP) is 4.20. The van der Waals surface area contributed by atoms with Crippen LogP contribution < -0.4 is 5.32 Å². The summed E-state index contributed by atoms with van der Waals surface area (Å²) in [4.78, 5) is 1.37. The molecular formula is C15H20BrN3S. The Kier molecular flexibility index (Phi) is 5.69. The molecule has 0 saturated heterocycles. The lowest BCUT2D eigenvalue weighted by Crippen LogP contribution is -2.25. The van der Waals surface area contributed by atoms with E-state index >= 15 is 0 Å². The van der Waals surface area contributed by atoms with Gasteiger partial charge in [-0.2, -0.15) is 10.2 Å². The minimum absolute atomic E-state index is 0.301. The van der Waals surface area contributed by atoms with Gasteiger partial charge in [0.15, 0.2) is 0 Å². The molecule has 1 unspecified atom stereocenters. The third kappa shape index (κ3) is 4.11. The summed E-state index contributed by atoms with van der Waals surface area (Å²) in [6.07, 6.45) is 2.11. The molecule has 1 atom stereocenters. The Bertz CT molecular complexity index is 568. The van der Waals surface area contributed by atoms with E-state index < -0.39 is 0 Å². The second-order valence-corrected chi connectivity index (χ2v) is 7.49. The molecule has 0 aliphatic heterocycles. The Morgan fingerprint density at radius 2 is 2.10 bits per heavy atom. The zero-order valence-electron chi connectivity index (χ0n) is 12.1. The van der Waals surface area contributed by atoms with Crippen molar-refractivity contribution < 1.29 is 0 Å². The van der Waals surface area contributed by atoms with Crippen LogP contribution in [0, 0.1) is 13.8 Å². The van der Waals surface area contributed by atoms with Gasteiger partial charge in [0.05, 0.1) is 15.2 Å². The summed E-state index contributed by atoms with van der Waals surface area (Å²) >= 11 is 5.33. The van der Waals surface area contributed by atoms with Crippen molar-refractivity contribution in [2.75, 3.05) is 6.54 Å². The lowest BCUT2D eigenvalue weighted by atomic mass is 10.0. The largest absolute Gasteiger partial charge is 0.310 e. The molecule has 5 heteroatoms. The standard InChI is InChI=1S/C15H20BrN3S/c1-4-7-17-14(9-12-5-6-15(16)20-12)13-8-10(2)18-19-11(13)3/h5-6,8,14,17H,4,7,9H2,1-3H3. The van der Waals surface area contributed by atoms with E-state index in [2.05, 4.69) is 56.6 Å². The van der Waals surface area contributed by atoms with Gasteiger partial charge in [-0.3, -0.25) is 0 Å². The zero-order chi connectivity index (χ0) is 14.5. The molecule has 20 heavy (non-hydrogen) atoms. The van der Waals surface area contributed by atoms with Crippen molar-refractivity contribution in [2.24, 2.45) is 0 Å². The van der Waals surface area contributed by atoms with E-state index in [1.165, 1.54) is 14.2 Å². The SMILES string of the molecule is CCCNC(Cc1ccc(Br)s1)c1cc(C)nnc1C. The van der Waals surface area contributed by atoms with Crippen LogP contribution in [0.15, 0.2) is 22.0 Å². The van der Waals surface area contributed by atoms with Crippen molar-refractivity contribution in [1.82, 2.24) is 15.5 Å². The normalized spacial score (nSPS) is 12.6. The van der Waals surface area contributed by atoms with Crippen LogP contribution in [0.25, 0.3) is 0 Å². The number of nitrogens with one attached hydrogen (secondary N) is 1. The lowest BCUT2D eigenvalue weighted by molar-refractivity contribution is 0.526. The third-order valence-corrected chi connectivity index (χ3v) is 4.84. The van der Waals surface area contributed by atoms with Crippen LogP contribution in [-0.2, 0) is 6.42 Å². The average molecular weight is 354 g/mol. The first-order valence-corrected chi connectivity index (χ1v) is 8.49. The topological polar surface area (TPSA) is 37.8 Å². The number of thiophene rings is 1. The fourth-order valence-electron chi connectivity index (χ4n) is 2.20. The van der Waals surface area contributed by atoms with Gasteiger partial charge in [0.2, 0.25) is 0 Å². The van der Waals surface area contributed by atoms with Gasteiger partial charge >= 0.3 is 0 Å². The minimum Gasteiger partial charge on any atom is -0.310 e. The Hall–Kier alpha value is -0.780. The van der Waals surface area contributed by atoms with E-state index in [1.807, 2.05) is 13.8 Å². The molecule has 2 heterocycles. The maximum Gasteiger partial charge on any atom is 0.0701 e. The molecule has 108 valence electrons. The van der Waals surface area contributed by atoms with E-state index in [9.17, 15) is 0 Å². The van der Waals surface area contributed by atoms with E-state index in [0.29, 0.717) is 6.04 Å². The molecule has 0 bridgehead atoms. The van der Waals surface area contributed by atoms with Crippen LogP contribution >= 0.6 is 27.3 Å². The first-order chi connectivity index (χ1) is 9.60. The molecule has 1 N–H and O–H groups in total. The Labute approximate surface area is 133 Å². The van der Waals surface area contributed by atoms with Crippen molar-refractivity contribution in [1.29, 1.82) is 0 Å².